The van der Waals surface area contributed by atoms with Crippen molar-refractivity contribution >= 4 is 39.4 Å². The van der Waals surface area contributed by atoms with Gasteiger partial charge in [-0.1, -0.05) is 29.8 Å². The van der Waals surface area contributed by atoms with Crippen molar-refractivity contribution in [2.45, 2.75) is 6.92 Å². The van der Waals surface area contributed by atoms with Crippen molar-refractivity contribution in [3.05, 3.63) is 83.2 Å². The Bertz CT molecular complexity index is 1540. The van der Waals surface area contributed by atoms with Gasteiger partial charge in [-0.2, -0.15) is 0 Å². The van der Waals surface area contributed by atoms with Gasteiger partial charge in [-0.25, -0.2) is 14.8 Å². The molecule has 0 aliphatic rings. The zero-order valence-corrected chi connectivity index (χ0v) is 20.4. The van der Waals surface area contributed by atoms with E-state index in [1.54, 1.807) is 25.3 Å². The maximum Gasteiger partial charge on any atom is 0.338 e. The van der Waals surface area contributed by atoms with Gasteiger partial charge in [-0.05, 0) is 49.4 Å². The maximum absolute atomic E-state index is 12.5. The van der Waals surface area contributed by atoms with Crippen molar-refractivity contribution in [1.82, 2.24) is 15.0 Å². The van der Waals surface area contributed by atoms with E-state index in [0.29, 0.717) is 27.6 Å². The minimum atomic E-state index is -0.605. The normalized spacial score (nSPS) is 10.8. The summed E-state index contributed by atoms with van der Waals surface area (Å²) < 4.78 is 10.4. The third-order valence-electron chi connectivity index (χ3n) is 5.51. The predicted molar refractivity (Wildman–Crippen MR) is 139 cm³/mol. The standard InChI is InChI=1S/C27H22N4O4S/c1-16-3-5-17(6-4-16)23-15-36-27(30-23)31-24(32)14-35-26(33)19-9-12-21-22(13-19)29-25(28-21)18-7-10-20(34-2)11-8-18/h3-13,15H,14H2,1-2H3,(H,28,29)(H,30,31,32). The zero-order chi connectivity index (χ0) is 25.1. The van der Waals surface area contributed by atoms with Crippen LogP contribution in [0, 0.1) is 6.92 Å². The van der Waals surface area contributed by atoms with Crippen molar-refractivity contribution < 1.29 is 19.1 Å². The third-order valence-corrected chi connectivity index (χ3v) is 6.27. The van der Waals surface area contributed by atoms with Gasteiger partial charge in [0, 0.05) is 16.5 Å². The first kappa shape index (κ1) is 23.3. The van der Waals surface area contributed by atoms with Crippen molar-refractivity contribution in [1.29, 1.82) is 0 Å². The minimum Gasteiger partial charge on any atom is -0.497 e. The number of benzene rings is 3. The topological polar surface area (TPSA) is 106 Å². The summed E-state index contributed by atoms with van der Waals surface area (Å²) in [5.74, 6) is 0.362. The number of nitrogens with zero attached hydrogens (tertiary/aromatic N) is 2. The monoisotopic (exact) mass is 498 g/mol. The van der Waals surface area contributed by atoms with E-state index in [1.807, 2.05) is 60.8 Å². The molecular formula is C27H22N4O4S. The third kappa shape index (κ3) is 5.11. The van der Waals surface area contributed by atoms with Gasteiger partial charge in [0.1, 0.15) is 11.6 Å². The number of aryl methyl sites for hydroxylation is 1. The summed E-state index contributed by atoms with van der Waals surface area (Å²) >= 11 is 1.31. The van der Waals surface area contributed by atoms with Gasteiger partial charge in [-0.15, -0.1) is 11.3 Å². The zero-order valence-electron chi connectivity index (χ0n) is 19.6. The maximum atomic E-state index is 12.5. The van der Waals surface area contributed by atoms with E-state index < -0.39 is 18.5 Å². The number of ether oxygens (including phenoxy) is 2. The number of esters is 1. The Balaban J connectivity index is 1.20. The highest BCUT2D eigenvalue weighted by atomic mass is 32.1. The van der Waals surface area contributed by atoms with E-state index in [-0.39, 0.29) is 0 Å². The number of carbonyl (C=O) groups is 2. The molecule has 1 amide bonds. The number of nitrogens with one attached hydrogen (secondary N) is 2. The van der Waals surface area contributed by atoms with Crippen LogP contribution < -0.4 is 10.1 Å². The molecule has 180 valence electrons. The molecule has 8 nitrogen and oxygen atoms in total. The fourth-order valence-corrected chi connectivity index (χ4v) is 4.32. The van der Waals surface area contributed by atoms with Gasteiger partial charge < -0.3 is 14.5 Å². The summed E-state index contributed by atoms with van der Waals surface area (Å²) in [4.78, 5) is 37.1. The van der Waals surface area contributed by atoms with Crippen molar-refractivity contribution in [3.63, 3.8) is 0 Å². The SMILES string of the molecule is COc1ccc(-c2nc3ccc(C(=O)OCC(=O)Nc4nc(-c5ccc(C)cc5)cs4)cc3[nH]2)cc1. The lowest BCUT2D eigenvalue weighted by atomic mass is 10.1. The number of fused-ring (bicyclic) bond motifs is 1. The number of amides is 1. The quantitative estimate of drug-likeness (QED) is 0.288. The number of H-pyrrole nitrogens is 1. The van der Waals surface area contributed by atoms with Gasteiger partial charge >= 0.3 is 5.97 Å². The smallest absolute Gasteiger partial charge is 0.338 e. The number of carbonyl (C=O) groups excluding carboxylic acids is 2. The Hall–Kier alpha value is -4.50. The summed E-state index contributed by atoms with van der Waals surface area (Å²) in [5, 5.41) is 4.98. The summed E-state index contributed by atoms with van der Waals surface area (Å²) in [6, 6.07) is 20.5. The molecule has 0 aliphatic carbocycles. The summed E-state index contributed by atoms with van der Waals surface area (Å²) in [7, 11) is 1.61. The number of hydrogen-bond acceptors (Lipinski definition) is 7. The van der Waals surface area contributed by atoms with Crippen LogP contribution in [-0.2, 0) is 9.53 Å². The first-order valence-corrected chi connectivity index (χ1v) is 12.0. The lowest BCUT2D eigenvalue weighted by molar-refractivity contribution is -0.119. The number of aromatic nitrogens is 3. The van der Waals surface area contributed by atoms with Crippen LogP contribution in [0.2, 0.25) is 0 Å². The average molecular weight is 499 g/mol. The molecule has 0 radical (unpaired) electrons. The average Bonchev–Trinajstić information content (AvgIpc) is 3.54. The summed E-state index contributed by atoms with van der Waals surface area (Å²) in [6.45, 7) is 1.60. The first-order valence-electron chi connectivity index (χ1n) is 11.1. The molecule has 3 aromatic carbocycles. The second-order valence-electron chi connectivity index (χ2n) is 8.07. The molecule has 0 bridgehead atoms. The number of anilines is 1. The molecule has 0 fully saturated rings. The molecule has 0 atom stereocenters. The van der Waals surface area contributed by atoms with E-state index in [0.717, 1.165) is 28.1 Å². The number of hydrogen-bond donors (Lipinski definition) is 2. The first-order chi connectivity index (χ1) is 17.5. The highest BCUT2D eigenvalue weighted by Crippen LogP contribution is 2.26. The molecular weight excluding hydrogens is 476 g/mol. The van der Waals surface area contributed by atoms with Crippen LogP contribution in [-0.4, -0.2) is 40.5 Å². The molecule has 5 aromatic rings. The Morgan fingerprint density at radius 3 is 2.47 bits per heavy atom. The minimum absolute atomic E-state index is 0.316. The molecule has 9 heteroatoms. The van der Waals surface area contributed by atoms with Gasteiger partial charge in [-0.3, -0.25) is 10.1 Å². The fraction of sp³-hybridized carbons (Fsp3) is 0.111. The van der Waals surface area contributed by atoms with Crippen molar-refractivity contribution in [2.24, 2.45) is 0 Å². The number of thiazole rings is 1. The summed E-state index contributed by atoms with van der Waals surface area (Å²) in [6.07, 6.45) is 0. The molecule has 0 aliphatic heterocycles. The van der Waals surface area contributed by atoms with Gasteiger partial charge in [0.15, 0.2) is 11.7 Å². The highest BCUT2D eigenvalue weighted by Gasteiger charge is 2.14. The second kappa shape index (κ2) is 10.0. The second-order valence-corrected chi connectivity index (χ2v) is 8.93. The number of rotatable bonds is 7. The number of imidazole rings is 1. The van der Waals surface area contributed by atoms with E-state index in [2.05, 4.69) is 20.3 Å². The largest absolute Gasteiger partial charge is 0.497 e. The Morgan fingerprint density at radius 2 is 1.72 bits per heavy atom. The number of aromatic amines is 1. The van der Waals surface area contributed by atoms with Crippen LogP contribution in [0.1, 0.15) is 15.9 Å². The fourth-order valence-electron chi connectivity index (χ4n) is 3.58. The lowest BCUT2D eigenvalue weighted by Crippen LogP contribution is -2.20. The van der Waals surface area contributed by atoms with E-state index in [9.17, 15) is 9.59 Å². The Kier molecular flexibility index (Phi) is 6.46. The van der Waals surface area contributed by atoms with Crippen LogP contribution in [0.4, 0.5) is 5.13 Å². The molecule has 0 saturated heterocycles. The van der Waals surface area contributed by atoms with E-state index in [1.165, 1.54) is 11.3 Å². The van der Waals surface area contributed by atoms with Gasteiger partial charge in [0.25, 0.3) is 5.91 Å². The molecule has 36 heavy (non-hydrogen) atoms. The lowest BCUT2D eigenvalue weighted by Gasteiger charge is -2.05. The molecule has 2 heterocycles. The van der Waals surface area contributed by atoms with Crippen LogP contribution in [0.3, 0.4) is 0 Å². The van der Waals surface area contributed by atoms with Crippen LogP contribution >= 0.6 is 11.3 Å². The van der Waals surface area contributed by atoms with Crippen molar-refractivity contribution in [2.75, 3.05) is 19.0 Å². The molecule has 0 spiro atoms. The highest BCUT2D eigenvalue weighted by molar-refractivity contribution is 7.14. The summed E-state index contributed by atoms with van der Waals surface area (Å²) in [5.41, 5.74) is 5.50. The molecule has 0 saturated carbocycles. The number of methoxy groups -OCH3 is 1. The van der Waals surface area contributed by atoms with Gasteiger partial charge in [0.05, 0.1) is 29.4 Å². The Morgan fingerprint density at radius 1 is 0.972 bits per heavy atom. The predicted octanol–water partition coefficient (Wildman–Crippen LogP) is 5.47. The van der Waals surface area contributed by atoms with E-state index in [4.69, 9.17) is 9.47 Å². The van der Waals surface area contributed by atoms with Crippen molar-refractivity contribution in [3.8, 4) is 28.4 Å². The Labute approximate surface area is 210 Å². The van der Waals surface area contributed by atoms with Crippen LogP contribution in [0.5, 0.6) is 5.75 Å². The van der Waals surface area contributed by atoms with Crippen LogP contribution in [0.15, 0.2) is 72.1 Å². The molecule has 5 rings (SSSR count). The molecule has 2 N–H and O–H groups in total. The van der Waals surface area contributed by atoms with E-state index >= 15 is 0 Å². The van der Waals surface area contributed by atoms with Gasteiger partial charge in [0.2, 0.25) is 0 Å². The van der Waals surface area contributed by atoms with Crippen LogP contribution in [0.25, 0.3) is 33.7 Å². The molecule has 0 unspecified atom stereocenters. The molecule has 2 aromatic heterocycles.